The van der Waals surface area contributed by atoms with Crippen molar-refractivity contribution in [3.05, 3.63) is 102 Å². The number of para-hydroxylation sites is 3. The lowest BCUT2D eigenvalue weighted by Gasteiger charge is -2.23. The number of amides is 1. The van der Waals surface area contributed by atoms with Crippen LogP contribution in [0, 0.1) is 0 Å². The molecule has 1 aliphatic heterocycles. The zero-order valence-electron chi connectivity index (χ0n) is 19.3. The summed E-state index contributed by atoms with van der Waals surface area (Å²) in [6.07, 6.45) is -0.342. The highest BCUT2D eigenvalue weighted by Crippen LogP contribution is 2.43. The van der Waals surface area contributed by atoms with E-state index in [0.717, 1.165) is 10.8 Å². The van der Waals surface area contributed by atoms with Crippen molar-refractivity contribution in [1.82, 2.24) is 0 Å². The van der Waals surface area contributed by atoms with Crippen LogP contribution in [0.3, 0.4) is 0 Å². The Balaban J connectivity index is 1.37. The van der Waals surface area contributed by atoms with Crippen molar-refractivity contribution in [2.45, 2.75) is 12.0 Å². The maximum absolute atomic E-state index is 13.5. The Morgan fingerprint density at radius 3 is 2.37 bits per heavy atom. The smallest absolute Gasteiger partial charge is 0.264 e. The van der Waals surface area contributed by atoms with E-state index in [1.54, 1.807) is 55.6 Å². The molecule has 5 rings (SSSR count). The van der Waals surface area contributed by atoms with Crippen molar-refractivity contribution >= 4 is 28.2 Å². The molecule has 6 heteroatoms. The summed E-state index contributed by atoms with van der Waals surface area (Å²) in [6.45, 7) is 0.398. The molecular weight excluding hydrogens is 442 g/mol. The van der Waals surface area contributed by atoms with Crippen LogP contribution in [0.2, 0.25) is 0 Å². The van der Waals surface area contributed by atoms with Gasteiger partial charge in [-0.25, -0.2) is 0 Å². The molecule has 35 heavy (non-hydrogen) atoms. The lowest BCUT2D eigenvalue weighted by atomic mass is 9.88. The van der Waals surface area contributed by atoms with E-state index < -0.39 is 11.5 Å². The van der Waals surface area contributed by atoms with Crippen LogP contribution in [0.5, 0.6) is 11.5 Å². The lowest BCUT2D eigenvalue weighted by molar-refractivity contribution is -0.135. The molecule has 0 radical (unpaired) electrons. The standard InChI is InChI=1S/C29H25NO5/c1-34-26-12-6-7-13-27(26)35-17-16-30-24-11-5-4-10-23(24)29(33,28(30)32)19-25(31)22-15-14-20-8-2-3-9-21(20)18-22/h2-15,18,33H,16-17,19H2,1H3/t29-/m1/s1. The molecule has 1 atom stereocenters. The predicted octanol–water partition coefficient (Wildman–Crippen LogP) is 4.73. The molecular formula is C29H25NO5. The molecule has 176 valence electrons. The first-order valence-electron chi connectivity index (χ1n) is 11.4. The van der Waals surface area contributed by atoms with Crippen LogP contribution >= 0.6 is 0 Å². The summed E-state index contributed by atoms with van der Waals surface area (Å²) in [7, 11) is 1.56. The largest absolute Gasteiger partial charge is 0.493 e. The van der Waals surface area contributed by atoms with Gasteiger partial charge < -0.3 is 19.5 Å². The third kappa shape index (κ3) is 4.13. The fourth-order valence-electron chi connectivity index (χ4n) is 4.58. The molecule has 0 saturated carbocycles. The Morgan fingerprint density at radius 2 is 1.57 bits per heavy atom. The highest BCUT2D eigenvalue weighted by atomic mass is 16.5. The summed E-state index contributed by atoms with van der Waals surface area (Å²) in [5, 5.41) is 13.5. The van der Waals surface area contributed by atoms with E-state index >= 15 is 0 Å². The molecule has 4 aromatic rings. The van der Waals surface area contributed by atoms with Crippen LogP contribution in [0.1, 0.15) is 22.3 Å². The summed E-state index contributed by atoms with van der Waals surface area (Å²) in [5.74, 6) is 0.333. The van der Waals surface area contributed by atoms with Crippen LogP contribution in [0.25, 0.3) is 10.8 Å². The molecule has 0 saturated heterocycles. The lowest BCUT2D eigenvalue weighted by Crippen LogP contribution is -2.43. The molecule has 0 fully saturated rings. The third-order valence-electron chi connectivity index (χ3n) is 6.37. The van der Waals surface area contributed by atoms with Gasteiger partial charge in [0.2, 0.25) is 0 Å². The number of methoxy groups -OCH3 is 1. The van der Waals surface area contributed by atoms with E-state index in [9.17, 15) is 14.7 Å². The molecule has 1 aliphatic rings. The number of anilines is 1. The van der Waals surface area contributed by atoms with Gasteiger partial charge in [0.05, 0.1) is 25.8 Å². The van der Waals surface area contributed by atoms with Crippen LogP contribution in [-0.2, 0) is 10.4 Å². The van der Waals surface area contributed by atoms with Gasteiger partial charge in [-0.1, -0.05) is 66.7 Å². The number of carbonyl (C=O) groups is 2. The second-order valence-corrected chi connectivity index (χ2v) is 8.50. The Kier molecular flexibility index (Phi) is 5.97. The van der Waals surface area contributed by atoms with Gasteiger partial charge in [-0.3, -0.25) is 9.59 Å². The van der Waals surface area contributed by atoms with Gasteiger partial charge in [-0.15, -0.1) is 0 Å². The fourth-order valence-corrected chi connectivity index (χ4v) is 4.58. The molecule has 1 amide bonds. The van der Waals surface area contributed by atoms with Crippen molar-refractivity contribution in [2.24, 2.45) is 0 Å². The molecule has 0 aliphatic carbocycles. The molecule has 0 spiro atoms. The van der Waals surface area contributed by atoms with Gasteiger partial charge >= 0.3 is 0 Å². The number of Topliss-reactive ketones (excluding diaryl/α,β-unsaturated/α-hetero) is 1. The Hall–Kier alpha value is -4.16. The van der Waals surface area contributed by atoms with E-state index in [2.05, 4.69) is 0 Å². The van der Waals surface area contributed by atoms with Gasteiger partial charge in [0.1, 0.15) is 6.61 Å². The maximum atomic E-state index is 13.5. The van der Waals surface area contributed by atoms with Crippen molar-refractivity contribution in [3.8, 4) is 11.5 Å². The molecule has 1 heterocycles. The number of benzene rings is 4. The van der Waals surface area contributed by atoms with E-state index in [4.69, 9.17) is 9.47 Å². The summed E-state index contributed by atoms with van der Waals surface area (Å²) in [6, 6.07) is 27.4. The average molecular weight is 468 g/mol. The first-order valence-corrected chi connectivity index (χ1v) is 11.4. The van der Waals surface area contributed by atoms with Gasteiger partial charge in [-0.05, 0) is 35.0 Å². The fraction of sp³-hybridized carbons (Fsp3) is 0.172. The number of rotatable bonds is 8. The topological polar surface area (TPSA) is 76.1 Å². The third-order valence-corrected chi connectivity index (χ3v) is 6.37. The van der Waals surface area contributed by atoms with Crippen molar-refractivity contribution in [2.75, 3.05) is 25.2 Å². The molecule has 0 bridgehead atoms. The summed E-state index contributed by atoms with van der Waals surface area (Å²) < 4.78 is 11.2. The van der Waals surface area contributed by atoms with Crippen molar-refractivity contribution in [1.29, 1.82) is 0 Å². The van der Waals surface area contributed by atoms with E-state index in [-0.39, 0.29) is 25.4 Å². The number of hydrogen-bond donors (Lipinski definition) is 1. The number of fused-ring (bicyclic) bond motifs is 2. The van der Waals surface area contributed by atoms with E-state index in [1.165, 1.54) is 4.90 Å². The van der Waals surface area contributed by atoms with Crippen molar-refractivity contribution in [3.63, 3.8) is 0 Å². The van der Waals surface area contributed by atoms with Crippen LogP contribution < -0.4 is 14.4 Å². The summed E-state index contributed by atoms with van der Waals surface area (Å²) in [4.78, 5) is 28.2. The SMILES string of the molecule is COc1ccccc1OCCN1C(=O)[C@@](O)(CC(=O)c2ccc3ccccc3c2)c2ccccc21. The minimum atomic E-state index is -1.94. The monoisotopic (exact) mass is 467 g/mol. The van der Waals surface area contributed by atoms with Crippen LogP contribution in [0.4, 0.5) is 5.69 Å². The van der Waals surface area contributed by atoms with Crippen LogP contribution in [-0.4, -0.2) is 37.1 Å². The van der Waals surface area contributed by atoms with Gasteiger partial charge in [-0.2, -0.15) is 0 Å². The minimum absolute atomic E-state index is 0.190. The number of ketones is 1. The number of carbonyl (C=O) groups excluding carboxylic acids is 2. The zero-order valence-corrected chi connectivity index (χ0v) is 19.3. The molecule has 0 unspecified atom stereocenters. The first kappa shape index (κ1) is 22.6. The van der Waals surface area contributed by atoms with E-state index in [1.807, 2.05) is 42.5 Å². The summed E-state index contributed by atoms with van der Waals surface area (Å²) in [5.41, 5.74) is -0.476. The molecule has 4 aromatic carbocycles. The van der Waals surface area contributed by atoms with Crippen LogP contribution in [0.15, 0.2) is 91.0 Å². The predicted molar refractivity (Wildman–Crippen MR) is 134 cm³/mol. The number of nitrogens with zero attached hydrogens (tertiary/aromatic N) is 1. The highest BCUT2D eigenvalue weighted by molar-refractivity contribution is 6.11. The van der Waals surface area contributed by atoms with E-state index in [0.29, 0.717) is 28.3 Å². The Bertz CT molecular complexity index is 1420. The highest BCUT2D eigenvalue weighted by Gasteiger charge is 2.50. The normalized spacial score (nSPS) is 16.9. The Morgan fingerprint density at radius 1 is 0.886 bits per heavy atom. The number of aliphatic hydroxyl groups is 1. The molecule has 6 nitrogen and oxygen atoms in total. The second kappa shape index (κ2) is 9.24. The first-order chi connectivity index (χ1) is 17.0. The second-order valence-electron chi connectivity index (χ2n) is 8.50. The van der Waals surface area contributed by atoms with Gasteiger partial charge in [0.25, 0.3) is 5.91 Å². The quantitative estimate of drug-likeness (QED) is 0.379. The van der Waals surface area contributed by atoms with Gasteiger partial charge in [0.15, 0.2) is 22.9 Å². The number of ether oxygens (including phenoxy) is 2. The number of hydrogen-bond acceptors (Lipinski definition) is 5. The molecule has 0 aromatic heterocycles. The van der Waals surface area contributed by atoms with Gasteiger partial charge in [0, 0.05) is 11.1 Å². The maximum Gasteiger partial charge on any atom is 0.264 e. The zero-order chi connectivity index (χ0) is 24.4. The average Bonchev–Trinajstić information content (AvgIpc) is 3.10. The molecule has 1 N–H and O–H groups in total. The summed E-state index contributed by atoms with van der Waals surface area (Å²) >= 11 is 0. The minimum Gasteiger partial charge on any atom is -0.493 e. The van der Waals surface area contributed by atoms with Crippen molar-refractivity contribution < 1.29 is 24.2 Å². The Labute approximate surface area is 203 Å².